The summed E-state index contributed by atoms with van der Waals surface area (Å²) in [5.41, 5.74) is -0.187. The number of hydrogen-bond donors (Lipinski definition) is 0. The van der Waals surface area contributed by atoms with E-state index in [0.29, 0.717) is 18.6 Å². The third-order valence-electron chi connectivity index (χ3n) is 2.36. The van der Waals surface area contributed by atoms with Gasteiger partial charge in [0.2, 0.25) is 5.66 Å². The van der Waals surface area contributed by atoms with Crippen molar-refractivity contribution >= 4 is 14.0 Å². The van der Waals surface area contributed by atoms with Crippen LogP contribution in [0, 0.1) is 0 Å². The van der Waals surface area contributed by atoms with E-state index in [1.165, 1.54) is 0 Å². The van der Waals surface area contributed by atoms with E-state index in [9.17, 15) is 9.36 Å². The van der Waals surface area contributed by atoms with Gasteiger partial charge in [-0.15, -0.1) is 0 Å². The molecule has 2 rings (SSSR count). The second-order valence-electron chi connectivity index (χ2n) is 3.57. The Labute approximate surface area is 94.4 Å². The molecular formula is C11H12O4P+. The number of para-hydroxylation sites is 1. The molecule has 0 saturated carbocycles. The van der Waals surface area contributed by atoms with Gasteiger partial charge in [0, 0.05) is 6.42 Å². The summed E-state index contributed by atoms with van der Waals surface area (Å²) >= 11 is 0. The van der Waals surface area contributed by atoms with Gasteiger partial charge >= 0.3 is 14.0 Å². The van der Waals surface area contributed by atoms with Crippen LogP contribution >= 0.6 is 8.03 Å². The Balaban J connectivity index is 1.91. The lowest BCUT2D eigenvalue weighted by Crippen LogP contribution is -2.24. The molecule has 1 aliphatic heterocycles. The van der Waals surface area contributed by atoms with Gasteiger partial charge in [0.05, 0.1) is 6.42 Å². The first kappa shape index (κ1) is 11.1. The van der Waals surface area contributed by atoms with Gasteiger partial charge in [-0.2, -0.15) is 0 Å². The molecule has 4 nitrogen and oxygen atoms in total. The second-order valence-corrected chi connectivity index (χ2v) is 5.05. The van der Waals surface area contributed by atoms with Gasteiger partial charge in [0.25, 0.3) is 0 Å². The number of esters is 1. The van der Waals surface area contributed by atoms with E-state index < -0.39 is 8.03 Å². The highest BCUT2D eigenvalue weighted by Gasteiger charge is 2.38. The maximum atomic E-state index is 11.8. The minimum atomic E-state index is -1.82. The molecule has 0 amide bonds. The van der Waals surface area contributed by atoms with E-state index in [4.69, 9.17) is 9.26 Å². The van der Waals surface area contributed by atoms with Crippen molar-refractivity contribution < 1.29 is 18.6 Å². The van der Waals surface area contributed by atoms with Crippen LogP contribution in [0.5, 0.6) is 5.75 Å². The number of ether oxygens (including phenoxy) is 1. The first-order valence-electron chi connectivity index (χ1n) is 5.11. The summed E-state index contributed by atoms with van der Waals surface area (Å²) in [4.78, 5) is 10.8. The lowest BCUT2D eigenvalue weighted by molar-refractivity contribution is -0.146. The molecule has 0 N–H and O–H groups in total. The van der Waals surface area contributed by atoms with Gasteiger partial charge in [-0.3, -0.25) is 9.32 Å². The molecule has 1 aliphatic rings. The molecule has 1 heterocycles. The van der Waals surface area contributed by atoms with Crippen LogP contribution in [0.2, 0.25) is 0 Å². The number of carbonyl (C=O) groups excluding carboxylic acids is 1. The SMILES string of the molecule is O=C1CCC([P+](=O)Oc2ccccc2)CO1. The first-order valence-corrected chi connectivity index (χ1v) is 6.35. The second kappa shape index (κ2) is 5.08. The number of rotatable bonds is 3. The van der Waals surface area contributed by atoms with Crippen molar-refractivity contribution in [3.63, 3.8) is 0 Å². The van der Waals surface area contributed by atoms with Crippen molar-refractivity contribution in [1.29, 1.82) is 0 Å². The fourth-order valence-electron chi connectivity index (χ4n) is 1.46. The van der Waals surface area contributed by atoms with E-state index in [0.717, 1.165) is 0 Å². The zero-order valence-corrected chi connectivity index (χ0v) is 9.56. The highest BCUT2D eigenvalue weighted by Crippen LogP contribution is 2.36. The summed E-state index contributed by atoms with van der Waals surface area (Å²) in [5, 5.41) is 0. The molecule has 0 aliphatic carbocycles. The van der Waals surface area contributed by atoms with Gasteiger partial charge in [0.1, 0.15) is 6.61 Å². The Bertz CT molecular complexity index is 380. The van der Waals surface area contributed by atoms with E-state index >= 15 is 0 Å². The normalized spacial score (nSPS) is 21.1. The van der Waals surface area contributed by atoms with Gasteiger partial charge in [-0.05, 0) is 16.7 Å². The molecule has 2 unspecified atom stereocenters. The predicted molar refractivity (Wildman–Crippen MR) is 58.7 cm³/mol. The van der Waals surface area contributed by atoms with E-state index in [1.807, 2.05) is 18.2 Å². The summed E-state index contributed by atoms with van der Waals surface area (Å²) in [6, 6.07) is 9.01. The average molecular weight is 239 g/mol. The quantitative estimate of drug-likeness (QED) is 0.600. The van der Waals surface area contributed by atoms with Crippen molar-refractivity contribution in [2.75, 3.05) is 6.61 Å². The van der Waals surface area contributed by atoms with Crippen molar-refractivity contribution in [3.8, 4) is 5.75 Å². The van der Waals surface area contributed by atoms with Crippen LogP contribution in [-0.4, -0.2) is 18.2 Å². The van der Waals surface area contributed by atoms with Gasteiger partial charge < -0.3 is 4.74 Å². The lowest BCUT2D eigenvalue weighted by atomic mass is 10.2. The predicted octanol–water partition coefficient (Wildman–Crippen LogP) is 2.51. The average Bonchev–Trinajstić information content (AvgIpc) is 2.31. The summed E-state index contributed by atoms with van der Waals surface area (Å²) in [6.07, 6.45) is 0.894. The maximum absolute atomic E-state index is 11.8. The number of cyclic esters (lactones) is 1. The van der Waals surface area contributed by atoms with E-state index in [1.54, 1.807) is 12.1 Å². The largest absolute Gasteiger partial charge is 0.562 e. The highest BCUT2D eigenvalue weighted by atomic mass is 31.1. The van der Waals surface area contributed by atoms with Crippen LogP contribution in [0.1, 0.15) is 12.8 Å². The van der Waals surface area contributed by atoms with Crippen LogP contribution in [0.25, 0.3) is 0 Å². The number of carbonyl (C=O) groups is 1. The molecule has 2 atom stereocenters. The van der Waals surface area contributed by atoms with E-state index in [2.05, 4.69) is 0 Å². The third-order valence-corrected chi connectivity index (χ3v) is 3.75. The summed E-state index contributed by atoms with van der Waals surface area (Å²) < 4.78 is 22.0. The maximum Gasteiger partial charge on any atom is 0.562 e. The molecule has 1 aromatic rings. The Kier molecular flexibility index (Phi) is 3.52. The van der Waals surface area contributed by atoms with Crippen molar-refractivity contribution in [1.82, 2.24) is 0 Å². The third kappa shape index (κ3) is 2.80. The standard InChI is InChI=1S/C11H12O4P/c12-11-7-6-10(8-14-11)16(13)15-9-4-2-1-3-5-9/h1-5,10H,6-8H2/q+1. The molecule has 0 bridgehead atoms. The molecular weight excluding hydrogens is 227 g/mol. The van der Waals surface area contributed by atoms with Gasteiger partial charge in [0.15, 0.2) is 5.75 Å². The van der Waals surface area contributed by atoms with Crippen LogP contribution in [0.15, 0.2) is 30.3 Å². The zero-order valence-electron chi connectivity index (χ0n) is 8.67. The smallest absolute Gasteiger partial charge is 0.461 e. The van der Waals surface area contributed by atoms with Crippen molar-refractivity contribution in [3.05, 3.63) is 30.3 Å². The Morgan fingerprint density at radius 2 is 2.06 bits per heavy atom. The summed E-state index contributed by atoms with van der Waals surface area (Å²) in [6.45, 7) is 0.195. The molecule has 16 heavy (non-hydrogen) atoms. The molecule has 0 radical (unpaired) electrons. The fraction of sp³-hybridized carbons (Fsp3) is 0.364. The van der Waals surface area contributed by atoms with Crippen LogP contribution < -0.4 is 4.52 Å². The zero-order chi connectivity index (χ0) is 11.4. The van der Waals surface area contributed by atoms with Gasteiger partial charge in [-0.1, -0.05) is 18.2 Å². The lowest BCUT2D eigenvalue weighted by Gasteiger charge is -2.12. The molecule has 5 heteroatoms. The fourth-order valence-corrected chi connectivity index (χ4v) is 2.47. The summed E-state index contributed by atoms with van der Waals surface area (Å²) in [5.74, 6) is 0.361. The van der Waals surface area contributed by atoms with Crippen LogP contribution in [0.3, 0.4) is 0 Å². The Morgan fingerprint density at radius 1 is 1.31 bits per heavy atom. The topological polar surface area (TPSA) is 52.6 Å². The molecule has 84 valence electrons. The van der Waals surface area contributed by atoms with E-state index in [-0.39, 0.29) is 18.2 Å². The Hall–Kier alpha value is -1.41. The highest BCUT2D eigenvalue weighted by molar-refractivity contribution is 7.40. The minimum absolute atomic E-state index is 0.187. The molecule has 1 aromatic carbocycles. The summed E-state index contributed by atoms with van der Waals surface area (Å²) in [7, 11) is -1.82. The van der Waals surface area contributed by atoms with Crippen molar-refractivity contribution in [2.45, 2.75) is 18.5 Å². The van der Waals surface area contributed by atoms with Crippen LogP contribution in [0.4, 0.5) is 0 Å². The molecule has 0 aromatic heterocycles. The monoisotopic (exact) mass is 239 g/mol. The number of benzene rings is 1. The minimum Gasteiger partial charge on any atom is -0.461 e. The van der Waals surface area contributed by atoms with Crippen LogP contribution in [-0.2, 0) is 14.1 Å². The number of hydrogen-bond acceptors (Lipinski definition) is 4. The van der Waals surface area contributed by atoms with Gasteiger partial charge in [-0.25, -0.2) is 0 Å². The molecule has 1 saturated heterocycles. The molecule has 1 fully saturated rings. The first-order chi connectivity index (χ1) is 7.75. The Morgan fingerprint density at radius 3 is 2.69 bits per heavy atom. The van der Waals surface area contributed by atoms with Crippen molar-refractivity contribution in [2.24, 2.45) is 0 Å². The molecule has 0 spiro atoms.